The highest BCUT2D eigenvalue weighted by Crippen LogP contribution is 2.18. The van der Waals surface area contributed by atoms with Gasteiger partial charge in [-0.25, -0.2) is 9.59 Å². The van der Waals surface area contributed by atoms with E-state index in [1.165, 1.54) is 19.2 Å². The van der Waals surface area contributed by atoms with Gasteiger partial charge in [-0.15, -0.1) is 0 Å². The zero-order valence-corrected chi connectivity index (χ0v) is 14.3. The molecule has 2 rings (SSSR count). The minimum Gasteiger partial charge on any atom is -0.465 e. The van der Waals surface area contributed by atoms with E-state index >= 15 is 0 Å². The summed E-state index contributed by atoms with van der Waals surface area (Å²) < 4.78 is 9.64. The number of aliphatic hydroxyl groups excluding tert-OH is 2. The molecule has 2 atom stereocenters. The van der Waals surface area contributed by atoms with E-state index in [-0.39, 0.29) is 18.7 Å². The Morgan fingerprint density at radius 3 is 2.50 bits per heavy atom. The molecule has 26 heavy (non-hydrogen) atoms. The third-order valence-electron chi connectivity index (χ3n) is 3.68. The van der Waals surface area contributed by atoms with Gasteiger partial charge in [0.2, 0.25) is 0 Å². The number of nitrogens with one attached hydrogen (secondary N) is 1. The molecule has 0 saturated heterocycles. The number of ether oxygens (including phenoxy) is 2. The normalized spacial score (nSPS) is 12.7. The van der Waals surface area contributed by atoms with Crippen molar-refractivity contribution < 1.29 is 29.3 Å². The average Bonchev–Trinajstić information content (AvgIpc) is 2.70. The number of amides is 1. The number of carbonyl (C=O) groups excluding carboxylic acids is 2. The maximum Gasteiger partial charge on any atom is 0.407 e. The first-order valence-corrected chi connectivity index (χ1v) is 8.00. The summed E-state index contributed by atoms with van der Waals surface area (Å²) in [6, 6.07) is 15.3. The van der Waals surface area contributed by atoms with Gasteiger partial charge in [-0.1, -0.05) is 42.5 Å². The van der Waals surface area contributed by atoms with Gasteiger partial charge < -0.3 is 25.0 Å². The van der Waals surface area contributed by atoms with Crippen molar-refractivity contribution in [2.45, 2.75) is 18.8 Å². The molecule has 7 heteroatoms. The van der Waals surface area contributed by atoms with Crippen LogP contribution < -0.4 is 5.32 Å². The number of hydrogen-bond acceptors (Lipinski definition) is 6. The topological polar surface area (TPSA) is 105 Å². The van der Waals surface area contributed by atoms with Gasteiger partial charge in [0, 0.05) is 6.54 Å². The van der Waals surface area contributed by atoms with Crippen LogP contribution in [0.3, 0.4) is 0 Å². The van der Waals surface area contributed by atoms with E-state index in [4.69, 9.17) is 4.74 Å². The molecule has 0 aliphatic heterocycles. The minimum atomic E-state index is -1.28. The summed E-state index contributed by atoms with van der Waals surface area (Å²) in [6.45, 7) is -0.107. The third kappa shape index (κ3) is 5.58. The molecule has 138 valence electrons. The van der Waals surface area contributed by atoms with E-state index in [0.717, 1.165) is 5.56 Å². The van der Waals surface area contributed by atoms with Crippen molar-refractivity contribution in [3.63, 3.8) is 0 Å². The molecule has 0 bridgehead atoms. The molecule has 0 heterocycles. The fraction of sp³-hybridized carbons (Fsp3) is 0.263. The van der Waals surface area contributed by atoms with E-state index < -0.39 is 24.3 Å². The van der Waals surface area contributed by atoms with Crippen LogP contribution in [0, 0.1) is 0 Å². The lowest BCUT2D eigenvalue weighted by atomic mass is 10.0. The summed E-state index contributed by atoms with van der Waals surface area (Å²) in [5, 5.41) is 22.6. The Balaban J connectivity index is 1.84. The standard InChI is InChI=1S/C19H21NO6/c1-25-18(23)15-9-5-8-14(10-15)17(22)16(21)11-20-19(24)26-12-13-6-3-2-4-7-13/h2-10,16-17,21-22H,11-12H2,1H3,(H,20,24). The Morgan fingerprint density at radius 2 is 1.81 bits per heavy atom. The third-order valence-corrected chi connectivity index (χ3v) is 3.68. The van der Waals surface area contributed by atoms with Crippen molar-refractivity contribution >= 4 is 12.1 Å². The number of benzene rings is 2. The summed E-state index contributed by atoms with van der Waals surface area (Å²) in [7, 11) is 1.26. The molecule has 0 fully saturated rings. The van der Waals surface area contributed by atoms with Crippen LogP contribution in [0.1, 0.15) is 27.6 Å². The van der Waals surface area contributed by atoms with Crippen LogP contribution in [-0.2, 0) is 16.1 Å². The van der Waals surface area contributed by atoms with Crippen LogP contribution in [0.4, 0.5) is 4.79 Å². The monoisotopic (exact) mass is 359 g/mol. The predicted octanol–water partition coefficient (Wildman–Crippen LogP) is 1.79. The Bertz CT molecular complexity index is 734. The molecule has 7 nitrogen and oxygen atoms in total. The van der Waals surface area contributed by atoms with Gasteiger partial charge in [0.1, 0.15) is 18.8 Å². The first-order chi connectivity index (χ1) is 12.5. The van der Waals surface area contributed by atoms with Gasteiger partial charge in [0.25, 0.3) is 0 Å². The molecule has 2 unspecified atom stereocenters. The largest absolute Gasteiger partial charge is 0.465 e. The van der Waals surface area contributed by atoms with E-state index in [2.05, 4.69) is 10.1 Å². The van der Waals surface area contributed by atoms with Crippen LogP contribution in [0.2, 0.25) is 0 Å². The van der Waals surface area contributed by atoms with Crippen molar-refractivity contribution in [3.05, 3.63) is 71.3 Å². The maximum atomic E-state index is 11.7. The van der Waals surface area contributed by atoms with Crippen molar-refractivity contribution in [2.24, 2.45) is 0 Å². The first-order valence-electron chi connectivity index (χ1n) is 8.00. The summed E-state index contributed by atoms with van der Waals surface area (Å²) in [5.74, 6) is -0.545. The average molecular weight is 359 g/mol. The van der Waals surface area contributed by atoms with E-state index in [1.807, 2.05) is 30.3 Å². The molecule has 0 aromatic heterocycles. The second-order valence-corrected chi connectivity index (χ2v) is 5.57. The Morgan fingerprint density at radius 1 is 1.08 bits per heavy atom. The lowest BCUT2D eigenvalue weighted by Gasteiger charge is -2.19. The van der Waals surface area contributed by atoms with Crippen LogP contribution in [0.25, 0.3) is 0 Å². The van der Waals surface area contributed by atoms with Crippen LogP contribution in [0.5, 0.6) is 0 Å². The van der Waals surface area contributed by atoms with Crippen molar-refractivity contribution in [3.8, 4) is 0 Å². The fourth-order valence-corrected chi connectivity index (χ4v) is 2.26. The smallest absolute Gasteiger partial charge is 0.407 e. The maximum absolute atomic E-state index is 11.7. The highest BCUT2D eigenvalue weighted by Gasteiger charge is 2.20. The molecule has 2 aromatic carbocycles. The van der Waals surface area contributed by atoms with E-state index in [9.17, 15) is 19.8 Å². The van der Waals surface area contributed by atoms with Crippen LogP contribution in [-0.4, -0.2) is 42.0 Å². The summed E-state index contributed by atoms with van der Waals surface area (Å²) >= 11 is 0. The first kappa shape index (κ1) is 19.4. The molecular weight excluding hydrogens is 338 g/mol. The van der Waals surface area contributed by atoms with Gasteiger partial charge in [0.15, 0.2) is 0 Å². The molecule has 2 aromatic rings. The number of alkyl carbamates (subject to hydrolysis) is 1. The van der Waals surface area contributed by atoms with Gasteiger partial charge in [-0.05, 0) is 23.3 Å². The number of hydrogen-bond donors (Lipinski definition) is 3. The quantitative estimate of drug-likeness (QED) is 0.651. The highest BCUT2D eigenvalue weighted by atomic mass is 16.5. The molecule has 3 N–H and O–H groups in total. The van der Waals surface area contributed by atoms with Gasteiger partial charge >= 0.3 is 12.1 Å². The minimum absolute atomic E-state index is 0.104. The molecule has 0 spiro atoms. The molecular formula is C19H21NO6. The predicted molar refractivity (Wildman–Crippen MR) is 93.4 cm³/mol. The zero-order valence-electron chi connectivity index (χ0n) is 14.3. The Labute approximate surface area is 151 Å². The van der Waals surface area contributed by atoms with E-state index in [0.29, 0.717) is 5.56 Å². The second kappa shape index (κ2) is 9.55. The van der Waals surface area contributed by atoms with Gasteiger partial charge in [-0.2, -0.15) is 0 Å². The summed E-state index contributed by atoms with van der Waals surface area (Å²) in [5.41, 5.74) is 1.43. The lowest BCUT2D eigenvalue weighted by molar-refractivity contribution is 0.0183. The number of carbonyl (C=O) groups is 2. The van der Waals surface area contributed by atoms with Crippen molar-refractivity contribution in [1.82, 2.24) is 5.32 Å². The van der Waals surface area contributed by atoms with Gasteiger partial charge in [0.05, 0.1) is 12.7 Å². The SMILES string of the molecule is COC(=O)c1cccc(C(O)C(O)CNC(=O)OCc2ccccc2)c1. The molecule has 0 saturated carbocycles. The summed E-state index contributed by atoms with van der Waals surface area (Å²) in [4.78, 5) is 23.2. The fourth-order valence-electron chi connectivity index (χ4n) is 2.26. The highest BCUT2D eigenvalue weighted by molar-refractivity contribution is 5.89. The lowest BCUT2D eigenvalue weighted by Crippen LogP contribution is -2.35. The molecule has 1 amide bonds. The van der Waals surface area contributed by atoms with Gasteiger partial charge in [-0.3, -0.25) is 0 Å². The number of methoxy groups -OCH3 is 1. The Kier molecular flexibility index (Phi) is 7.13. The van der Waals surface area contributed by atoms with Crippen molar-refractivity contribution in [1.29, 1.82) is 0 Å². The summed E-state index contributed by atoms with van der Waals surface area (Å²) in [6.07, 6.45) is -3.26. The second-order valence-electron chi connectivity index (χ2n) is 5.57. The zero-order chi connectivity index (χ0) is 18.9. The molecule has 0 aliphatic carbocycles. The van der Waals surface area contributed by atoms with Crippen molar-refractivity contribution in [2.75, 3.05) is 13.7 Å². The molecule has 0 radical (unpaired) electrons. The van der Waals surface area contributed by atoms with Crippen LogP contribution >= 0.6 is 0 Å². The number of esters is 1. The number of rotatable bonds is 7. The van der Waals surface area contributed by atoms with Crippen LogP contribution in [0.15, 0.2) is 54.6 Å². The van der Waals surface area contributed by atoms with E-state index in [1.54, 1.807) is 12.1 Å². The molecule has 0 aliphatic rings. The number of aliphatic hydroxyl groups is 2. The Hall–Kier alpha value is -2.90.